The number of methoxy groups -OCH3 is 3. The number of nitrogens with one attached hydrogen (secondary N) is 1. The summed E-state index contributed by atoms with van der Waals surface area (Å²) in [5, 5.41) is 10.4. The molecule has 0 atom stereocenters. The van der Waals surface area contributed by atoms with Crippen LogP contribution in [0.3, 0.4) is 0 Å². The number of aromatic nitrogens is 7. The molecular formula is C66H72BBrClN7O10. The molecule has 0 amide bonds. The van der Waals surface area contributed by atoms with E-state index < -0.39 is 5.97 Å². The Morgan fingerprint density at radius 3 is 1.42 bits per heavy atom. The Bertz CT molecular complexity index is 3860. The van der Waals surface area contributed by atoms with Crippen LogP contribution in [0.4, 0.5) is 0 Å². The van der Waals surface area contributed by atoms with Crippen molar-refractivity contribution in [1.82, 2.24) is 34.9 Å². The molecule has 86 heavy (non-hydrogen) atoms. The van der Waals surface area contributed by atoms with Crippen molar-refractivity contribution in [3.8, 4) is 0 Å². The van der Waals surface area contributed by atoms with Crippen LogP contribution in [0.25, 0.3) is 27.5 Å². The van der Waals surface area contributed by atoms with Crippen LogP contribution >= 0.6 is 27.5 Å². The molecule has 0 bridgehead atoms. The summed E-state index contributed by atoms with van der Waals surface area (Å²) in [6.07, 6.45) is 15.5. The fourth-order valence-corrected chi connectivity index (χ4v) is 9.87. The normalized spacial score (nSPS) is 13.9. The molecule has 1 fully saturated rings. The number of aromatic amines is 1. The van der Waals surface area contributed by atoms with Gasteiger partial charge in [0.25, 0.3) is 0 Å². The van der Waals surface area contributed by atoms with Crippen molar-refractivity contribution < 1.29 is 47.8 Å². The lowest BCUT2D eigenvalue weighted by Gasteiger charge is -2.32. The zero-order chi connectivity index (χ0) is 59.8. The Hall–Kier alpha value is -8.49. The van der Waals surface area contributed by atoms with Crippen molar-refractivity contribution in [1.29, 1.82) is 0 Å². The van der Waals surface area contributed by atoms with Crippen LogP contribution < -0.4 is 0 Å². The second-order valence-electron chi connectivity index (χ2n) is 20.4. The quantitative estimate of drug-likeness (QED) is 0.0654. The van der Waals surface area contributed by atoms with E-state index >= 15 is 0 Å². The van der Waals surface area contributed by atoms with Gasteiger partial charge in [0.05, 0.1) is 54.8 Å². The van der Waals surface area contributed by atoms with Gasteiger partial charge in [-0.2, -0.15) is 0 Å². The van der Waals surface area contributed by atoms with E-state index in [2.05, 4.69) is 67.7 Å². The number of ether oxygens (including phenoxy) is 3. The van der Waals surface area contributed by atoms with Gasteiger partial charge in [-0.25, -0.2) is 49.1 Å². The third kappa shape index (κ3) is 15.9. The number of halogens is 2. The molecule has 0 spiro atoms. The molecule has 8 aromatic rings. The number of carbonyl (C=O) groups is 4. The predicted molar refractivity (Wildman–Crippen MR) is 341 cm³/mol. The highest BCUT2D eigenvalue weighted by Gasteiger charge is 2.53. The minimum Gasteiger partial charge on any atom is -0.478 e. The maximum absolute atomic E-state index is 11.6. The maximum Gasteiger partial charge on any atom is 0.495 e. The van der Waals surface area contributed by atoms with Crippen molar-refractivity contribution >= 4 is 86.0 Å². The zero-order valence-corrected chi connectivity index (χ0v) is 49.8. The summed E-state index contributed by atoms with van der Waals surface area (Å²) in [7, 11) is 3.79. The third-order valence-electron chi connectivity index (χ3n) is 14.3. The topological polar surface area (TPSA) is 228 Å². The van der Waals surface area contributed by atoms with Gasteiger partial charge in [0.2, 0.25) is 5.28 Å². The van der Waals surface area contributed by atoms with Crippen molar-refractivity contribution in [3.05, 3.63) is 228 Å². The SMILES string of the molecule is C.C.C.COC(=O)c1ccc2c(Br)c[nH]c2c1.COC(=O)c1ccc2c(c1)CC=C2B1OC(C)(C)C(C)(C)O1.COC(=O)c1ccc2c(c1)CC=C2c1nccc(C)n1.Cc1ccnc(C2=CCc3cc(C(=O)O)ccc32)n1.Cc1ccnc(Cl)n1. The molecule has 20 heteroatoms. The first-order chi connectivity index (χ1) is 39.6. The Labute approximate surface area is 516 Å². The van der Waals surface area contributed by atoms with Crippen LogP contribution in [0.5, 0.6) is 0 Å². The first-order valence-electron chi connectivity index (χ1n) is 26.3. The number of nitrogens with zero attached hydrogens (tertiary/aromatic N) is 6. The van der Waals surface area contributed by atoms with Gasteiger partial charge in [0.1, 0.15) is 0 Å². The Kier molecular flexibility index (Phi) is 23.5. The molecule has 0 radical (unpaired) electrons. The minimum absolute atomic E-state index is 0. The van der Waals surface area contributed by atoms with E-state index in [-0.39, 0.29) is 58.5 Å². The maximum atomic E-state index is 11.6. The van der Waals surface area contributed by atoms with Gasteiger partial charge in [-0.1, -0.05) is 64.8 Å². The van der Waals surface area contributed by atoms with E-state index in [1.807, 2.05) is 109 Å². The monoisotopic (exact) mass is 1250 g/mol. The van der Waals surface area contributed by atoms with Gasteiger partial charge >= 0.3 is 31.0 Å². The molecule has 0 unspecified atom stereocenters. The van der Waals surface area contributed by atoms with Crippen molar-refractivity contribution in [2.24, 2.45) is 0 Å². The average molecular weight is 1250 g/mol. The lowest BCUT2D eigenvalue weighted by Crippen LogP contribution is -2.41. The Morgan fingerprint density at radius 2 is 0.977 bits per heavy atom. The molecule has 1 saturated heterocycles. The number of fused-ring (bicyclic) bond motifs is 4. The zero-order valence-electron chi connectivity index (χ0n) is 47.5. The highest BCUT2D eigenvalue weighted by molar-refractivity contribution is 9.10. The van der Waals surface area contributed by atoms with E-state index in [9.17, 15) is 19.2 Å². The summed E-state index contributed by atoms with van der Waals surface area (Å²) in [6.45, 7) is 13.9. The number of aromatic carboxylic acids is 1. The molecule has 0 saturated carbocycles. The Morgan fingerprint density at radius 1 is 0.570 bits per heavy atom. The number of hydrogen-bond donors (Lipinski definition) is 2. The lowest BCUT2D eigenvalue weighted by atomic mass is 9.75. The largest absolute Gasteiger partial charge is 0.495 e. The van der Waals surface area contributed by atoms with Gasteiger partial charge in [-0.05, 0) is 201 Å². The summed E-state index contributed by atoms with van der Waals surface area (Å²) in [4.78, 5) is 73.4. The van der Waals surface area contributed by atoms with E-state index in [4.69, 9.17) is 35.5 Å². The molecule has 448 valence electrons. The van der Waals surface area contributed by atoms with Crippen LogP contribution in [-0.2, 0) is 42.8 Å². The summed E-state index contributed by atoms with van der Waals surface area (Å²) in [5.74, 6) is -0.419. The molecule has 12 rings (SSSR count). The van der Waals surface area contributed by atoms with Gasteiger partial charge in [-0.15, -0.1) is 0 Å². The third-order valence-corrected chi connectivity index (χ3v) is 15.1. The molecule has 4 aliphatic rings. The van der Waals surface area contributed by atoms with E-state index in [0.29, 0.717) is 33.4 Å². The van der Waals surface area contributed by atoms with Crippen LogP contribution in [0, 0.1) is 20.8 Å². The van der Waals surface area contributed by atoms with E-state index in [1.54, 1.807) is 61.1 Å². The molecule has 4 aromatic carbocycles. The average Bonchev–Trinajstić information content (AvgIpc) is 2.80. The fourth-order valence-electron chi connectivity index (χ4n) is 9.22. The van der Waals surface area contributed by atoms with Gasteiger partial charge in [0.15, 0.2) is 11.6 Å². The number of carboxylic acids is 1. The molecule has 2 N–H and O–H groups in total. The Balaban J connectivity index is 0.000000200. The first kappa shape index (κ1) is 68.3. The number of aryl methyl sites for hydroxylation is 3. The number of allylic oxidation sites excluding steroid dienone is 3. The number of carboxylic acid groups (broad SMARTS) is 1. The highest BCUT2D eigenvalue weighted by Crippen LogP contribution is 2.43. The number of esters is 3. The van der Waals surface area contributed by atoms with Crippen molar-refractivity contribution in [3.63, 3.8) is 0 Å². The van der Waals surface area contributed by atoms with E-state index in [0.717, 1.165) is 108 Å². The minimum atomic E-state index is -0.900. The number of carbonyl (C=O) groups excluding carboxylic acids is 3. The molecule has 5 heterocycles. The van der Waals surface area contributed by atoms with Crippen LogP contribution in [0.2, 0.25) is 5.28 Å². The number of rotatable bonds is 7. The van der Waals surface area contributed by atoms with Crippen molar-refractivity contribution in [2.75, 3.05) is 21.3 Å². The standard InChI is InChI=1S/C17H21BO4.C16H14N2O2.C15H12N2O2.C10H8BrNO2.C5H5ClN2.3CH4/c1-16(2)17(3,4)22-18(21-16)14-9-7-11-10-12(15(19)20-5)6-8-13(11)14;1-10-7-8-17-15(18-10)14-6-3-11-9-12(16(19)20-2)4-5-13(11)14;1-9-6-7-16-14(17-9)13-5-2-10-8-11(15(18)19)3-4-12(10)13;1-14-10(13)6-2-3-7-8(11)5-12-9(7)4-6;1-4-2-3-7-5(6)8-4;;;/h6,8-10H,7H2,1-5H3;4-9H,3H2,1-2H3;3-8H,2H2,1H3,(H,18,19);2-5,12H,1H3;2-3H,1H3;3*1H4. The molecular weight excluding hydrogens is 1180 g/mol. The molecule has 4 aromatic heterocycles. The molecule has 17 nitrogen and oxygen atoms in total. The van der Waals surface area contributed by atoms with Crippen LogP contribution in [0.1, 0.15) is 154 Å². The summed E-state index contributed by atoms with van der Waals surface area (Å²) in [5.41, 5.74) is 14.5. The lowest BCUT2D eigenvalue weighted by molar-refractivity contribution is 0.00578. The number of benzene rings is 4. The summed E-state index contributed by atoms with van der Waals surface area (Å²) >= 11 is 8.82. The fraction of sp³-hybridized carbons (Fsp3) is 0.273. The second-order valence-corrected chi connectivity index (χ2v) is 21.6. The number of H-pyrrole nitrogens is 1. The number of hydrogen-bond acceptors (Lipinski definition) is 15. The van der Waals surface area contributed by atoms with Crippen LogP contribution in [-0.4, -0.2) is 104 Å². The van der Waals surface area contributed by atoms with Crippen molar-refractivity contribution in [2.45, 2.75) is 101 Å². The highest BCUT2D eigenvalue weighted by atomic mass is 79.9. The molecule has 1 aliphatic heterocycles. The predicted octanol–water partition coefficient (Wildman–Crippen LogP) is 14.1. The first-order valence-corrected chi connectivity index (χ1v) is 27.4. The molecule has 3 aliphatic carbocycles. The van der Waals surface area contributed by atoms with Gasteiger partial charge < -0.3 is 33.6 Å². The van der Waals surface area contributed by atoms with E-state index in [1.165, 1.54) is 21.3 Å². The van der Waals surface area contributed by atoms with Gasteiger partial charge in [0, 0.05) is 68.4 Å². The summed E-state index contributed by atoms with van der Waals surface area (Å²) in [6, 6.07) is 27.3. The van der Waals surface area contributed by atoms with Gasteiger partial charge in [-0.3, -0.25) is 0 Å². The smallest absolute Gasteiger partial charge is 0.478 e. The summed E-state index contributed by atoms with van der Waals surface area (Å²) < 4.78 is 27.4. The second kappa shape index (κ2) is 29.5. The van der Waals surface area contributed by atoms with Crippen LogP contribution in [0.15, 0.2) is 138 Å².